The van der Waals surface area contributed by atoms with E-state index in [1.807, 2.05) is 27.7 Å². The number of fused-ring (bicyclic) bond motifs is 1. The van der Waals surface area contributed by atoms with Crippen LogP contribution in [0.15, 0.2) is 18.2 Å². The first-order valence-corrected chi connectivity index (χ1v) is 5.44. The Morgan fingerprint density at radius 1 is 0.933 bits per heavy atom. The van der Waals surface area contributed by atoms with Gasteiger partial charge in [0.05, 0.1) is 0 Å². The average Bonchev–Trinajstić information content (AvgIpc) is 2.26. The van der Waals surface area contributed by atoms with Crippen LogP contribution in [0.5, 0.6) is 0 Å². The van der Waals surface area contributed by atoms with Crippen LogP contribution in [0.1, 0.15) is 44.4 Å². The summed E-state index contributed by atoms with van der Waals surface area (Å²) in [6.45, 7) is 10.2. The molecule has 80 valence electrons. The van der Waals surface area contributed by atoms with Gasteiger partial charge in [0.15, 0.2) is 5.78 Å². The summed E-state index contributed by atoms with van der Waals surface area (Å²) in [5.74, 6) is 0.329. The highest BCUT2D eigenvalue weighted by molar-refractivity contribution is 6.02. The number of hydrogen-bond donors (Lipinski definition) is 0. The van der Waals surface area contributed by atoms with E-state index in [1.165, 1.54) is 16.7 Å². The fourth-order valence-corrected chi connectivity index (χ4v) is 2.75. The highest BCUT2D eigenvalue weighted by Gasteiger charge is 2.49. The van der Waals surface area contributed by atoms with Gasteiger partial charge in [-0.1, -0.05) is 23.8 Å². The molecule has 2 rings (SSSR count). The lowest BCUT2D eigenvalue weighted by Gasteiger charge is -2.21. The van der Waals surface area contributed by atoms with Gasteiger partial charge in [0.1, 0.15) is 0 Å². The van der Waals surface area contributed by atoms with Gasteiger partial charge in [-0.15, -0.1) is 0 Å². The number of aryl methyl sites for hydroxylation is 1. The summed E-state index contributed by atoms with van der Waals surface area (Å²) in [6, 6.07) is 6.36. The van der Waals surface area contributed by atoms with Crippen LogP contribution in [-0.4, -0.2) is 5.78 Å². The van der Waals surface area contributed by atoms with Gasteiger partial charge < -0.3 is 0 Å². The van der Waals surface area contributed by atoms with Gasteiger partial charge in [0.2, 0.25) is 0 Å². The lowest BCUT2D eigenvalue weighted by Crippen LogP contribution is -2.33. The van der Waals surface area contributed by atoms with Crippen molar-refractivity contribution in [1.82, 2.24) is 0 Å². The largest absolute Gasteiger partial charge is 0.298 e. The minimum atomic E-state index is -0.329. The van der Waals surface area contributed by atoms with Crippen molar-refractivity contribution in [3.8, 4) is 0 Å². The van der Waals surface area contributed by atoms with Gasteiger partial charge in [-0.3, -0.25) is 4.79 Å². The van der Waals surface area contributed by atoms with Gasteiger partial charge >= 0.3 is 0 Å². The lowest BCUT2D eigenvalue weighted by molar-refractivity contribution is -0.126. The first-order chi connectivity index (χ1) is 6.78. The van der Waals surface area contributed by atoms with Crippen molar-refractivity contribution >= 4 is 5.78 Å². The number of carbonyl (C=O) groups is 1. The summed E-state index contributed by atoms with van der Waals surface area (Å²) in [4.78, 5) is 12.3. The third-order valence-corrected chi connectivity index (χ3v) is 3.66. The summed E-state index contributed by atoms with van der Waals surface area (Å²) in [5.41, 5.74) is 2.98. The molecule has 0 aromatic heterocycles. The summed E-state index contributed by atoms with van der Waals surface area (Å²) >= 11 is 0. The number of Topliss-reactive ketones (excluding diaryl/α,β-unsaturated/α-hetero) is 1. The maximum atomic E-state index is 12.3. The van der Waals surface area contributed by atoms with E-state index in [-0.39, 0.29) is 10.8 Å². The van der Waals surface area contributed by atoms with Crippen LogP contribution in [0.25, 0.3) is 0 Å². The van der Waals surface area contributed by atoms with E-state index in [0.717, 1.165) is 0 Å². The minimum Gasteiger partial charge on any atom is -0.298 e. The first kappa shape index (κ1) is 10.4. The van der Waals surface area contributed by atoms with Crippen molar-refractivity contribution in [2.24, 2.45) is 0 Å². The van der Waals surface area contributed by atoms with E-state index >= 15 is 0 Å². The summed E-state index contributed by atoms with van der Waals surface area (Å²) < 4.78 is 0. The van der Waals surface area contributed by atoms with Crippen LogP contribution in [0, 0.1) is 6.92 Å². The third-order valence-electron chi connectivity index (χ3n) is 3.66. The molecule has 1 aliphatic rings. The van der Waals surface area contributed by atoms with E-state index in [0.29, 0.717) is 5.78 Å². The monoisotopic (exact) mass is 202 g/mol. The van der Waals surface area contributed by atoms with E-state index < -0.39 is 0 Å². The fraction of sp³-hybridized carbons (Fsp3) is 0.500. The Morgan fingerprint density at radius 3 is 2.07 bits per heavy atom. The molecule has 0 amide bonds. The lowest BCUT2D eigenvalue weighted by atomic mass is 9.80. The normalized spacial score (nSPS) is 21.5. The van der Waals surface area contributed by atoms with Crippen molar-refractivity contribution in [2.45, 2.75) is 45.4 Å². The van der Waals surface area contributed by atoms with Gasteiger partial charge in [-0.2, -0.15) is 0 Å². The van der Waals surface area contributed by atoms with Crippen molar-refractivity contribution in [1.29, 1.82) is 0 Å². The van der Waals surface area contributed by atoms with Gasteiger partial charge in [0.25, 0.3) is 0 Å². The number of ketones is 1. The molecule has 0 heterocycles. The van der Waals surface area contributed by atoms with Crippen LogP contribution in [0.2, 0.25) is 0 Å². The van der Waals surface area contributed by atoms with E-state index in [1.54, 1.807) is 0 Å². The third kappa shape index (κ3) is 1.19. The van der Waals surface area contributed by atoms with Crippen LogP contribution < -0.4 is 0 Å². The second-order valence-corrected chi connectivity index (χ2v) is 5.63. The van der Waals surface area contributed by atoms with E-state index in [4.69, 9.17) is 0 Å². The SMILES string of the molecule is Cc1ccc2c(c1)C(C)(C)C(=O)C2(C)C. The number of hydrogen-bond acceptors (Lipinski definition) is 1. The zero-order chi connectivity index (χ0) is 11.4. The molecule has 1 nitrogen and oxygen atoms in total. The number of rotatable bonds is 0. The molecule has 15 heavy (non-hydrogen) atoms. The topological polar surface area (TPSA) is 17.1 Å². The molecule has 0 bridgehead atoms. The number of carbonyl (C=O) groups excluding carboxylic acids is 1. The molecule has 1 heteroatoms. The Hall–Kier alpha value is -1.11. The predicted octanol–water partition coefficient (Wildman–Crippen LogP) is 3.13. The van der Waals surface area contributed by atoms with Crippen molar-refractivity contribution in [3.05, 3.63) is 34.9 Å². The zero-order valence-corrected chi connectivity index (χ0v) is 10.1. The summed E-state index contributed by atoms with van der Waals surface area (Å²) in [7, 11) is 0. The molecule has 0 spiro atoms. The first-order valence-electron chi connectivity index (χ1n) is 5.44. The van der Waals surface area contributed by atoms with Gasteiger partial charge in [-0.25, -0.2) is 0 Å². The quantitative estimate of drug-likeness (QED) is 0.631. The van der Waals surface area contributed by atoms with Gasteiger partial charge in [-0.05, 0) is 45.7 Å². The molecule has 0 atom stereocenters. The Bertz CT molecular complexity index is 439. The van der Waals surface area contributed by atoms with Crippen LogP contribution in [0.4, 0.5) is 0 Å². The molecule has 1 aromatic carbocycles. The molecule has 0 saturated heterocycles. The molecule has 0 fully saturated rings. The Morgan fingerprint density at radius 2 is 1.47 bits per heavy atom. The minimum absolute atomic E-state index is 0.327. The van der Waals surface area contributed by atoms with Crippen LogP contribution in [-0.2, 0) is 15.6 Å². The Balaban J connectivity index is 2.77. The maximum absolute atomic E-state index is 12.3. The maximum Gasteiger partial charge on any atom is 0.152 e. The van der Waals surface area contributed by atoms with E-state index in [2.05, 4.69) is 25.1 Å². The van der Waals surface area contributed by atoms with Crippen molar-refractivity contribution in [3.63, 3.8) is 0 Å². The average molecular weight is 202 g/mol. The smallest absolute Gasteiger partial charge is 0.152 e. The van der Waals surface area contributed by atoms with Crippen molar-refractivity contribution in [2.75, 3.05) is 0 Å². The van der Waals surface area contributed by atoms with Crippen molar-refractivity contribution < 1.29 is 4.79 Å². The molecule has 0 saturated carbocycles. The second kappa shape index (κ2) is 2.72. The molecule has 0 N–H and O–H groups in total. The predicted molar refractivity (Wildman–Crippen MR) is 62.2 cm³/mol. The molecular formula is C14H18O. The molecule has 1 aliphatic carbocycles. The van der Waals surface area contributed by atoms with Crippen LogP contribution >= 0.6 is 0 Å². The Labute approximate surface area is 91.5 Å². The molecule has 1 aromatic rings. The highest BCUT2D eigenvalue weighted by Crippen LogP contribution is 2.46. The molecule has 0 aliphatic heterocycles. The zero-order valence-electron chi connectivity index (χ0n) is 10.1. The molecule has 0 unspecified atom stereocenters. The second-order valence-electron chi connectivity index (χ2n) is 5.63. The number of benzene rings is 1. The molecular weight excluding hydrogens is 184 g/mol. The fourth-order valence-electron chi connectivity index (χ4n) is 2.75. The van der Waals surface area contributed by atoms with Crippen LogP contribution in [0.3, 0.4) is 0 Å². The highest BCUT2D eigenvalue weighted by atomic mass is 16.1. The van der Waals surface area contributed by atoms with E-state index in [9.17, 15) is 4.79 Å². The van der Waals surface area contributed by atoms with Gasteiger partial charge in [0, 0.05) is 10.8 Å². The standard InChI is InChI=1S/C14H18O/c1-9-6-7-10-11(8-9)14(4,5)12(15)13(10,2)3/h6-8H,1-5H3. The summed E-state index contributed by atoms with van der Waals surface area (Å²) in [6.07, 6.45) is 0. The molecule has 0 radical (unpaired) electrons. The Kier molecular flexibility index (Phi) is 1.89. The summed E-state index contributed by atoms with van der Waals surface area (Å²) in [5, 5.41) is 0.